The van der Waals surface area contributed by atoms with Crippen LogP contribution in [0.5, 0.6) is 11.6 Å². The maximum atomic E-state index is 14.7. The molecule has 54 heavy (non-hydrogen) atoms. The third-order valence-corrected chi connectivity index (χ3v) is 13.2. The summed E-state index contributed by atoms with van der Waals surface area (Å²) in [6.07, 6.45) is 6.80. The standard InChI is InChI=1S/C38H52N6O9S/c1-22-10-8-9-11-24-19-38(24,34(47)43-54(49,50)37(6)14-15-37)42-31(45)29-18-26(52-32-27-13-12-25(51-7)17-28(27)39-21-40-32)20-44(29)33(46)30(23(2)16-22)41-35(48)53-36(3,4)5/h9,11-13,17,21-24,26,29-30H,8,10,14-16,18-20H2,1-7H3,(H,41,48)(H,42,45)(H,43,47)/b11-9-/t22-,23-,24?,26-,29+,30+,38?/m1/s1. The molecule has 15 nitrogen and oxygen atoms in total. The van der Waals surface area contributed by atoms with Crippen molar-refractivity contribution in [3.63, 3.8) is 0 Å². The Balaban J connectivity index is 1.35. The Hall–Kier alpha value is -4.47. The molecule has 2 aromatic rings. The summed E-state index contributed by atoms with van der Waals surface area (Å²) in [6, 6.07) is 3.06. The van der Waals surface area contributed by atoms with Gasteiger partial charge in [-0.3, -0.25) is 19.1 Å². The molecule has 0 spiro atoms. The predicted molar refractivity (Wildman–Crippen MR) is 199 cm³/mol. The van der Waals surface area contributed by atoms with Crippen molar-refractivity contribution in [3.8, 4) is 11.6 Å². The molecular weight excluding hydrogens is 717 g/mol. The fourth-order valence-electron chi connectivity index (χ4n) is 7.42. The number of benzene rings is 1. The molecule has 1 aromatic carbocycles. The summed E-state index contributed by atoms with van der Waals surface area (Å²) in [7, 11) is -2.45. The monoisotopic (exact) mass is 768 g/mol. The number of fused-ring (bicyclic) bond motifs is 3. The van der Waals surface area contributed by atoms with Crippen LogP contribution in [0.2, 0.25) is 0 Å². The molecule has 3 fully saturated rings. The number of sulfonamides is 1. The number of methoxy groups -OCH3 is 1. The van der Waals surface area contributed by atoms with Gasteiger partial charge in [0.2, 0.25) is 27.7 Å². The van der Waals surface area contributed by atoms with Gasteiger partial charge in [0, 0.05) is 18.4 Å². The maximum Gasteiger partial charge on any atom is 0.408 e. The molecule has 3 N–H and O–H groups in total. The number of hydrogen-bond donors (Lipinski definition) is 3. The Morgan fingerprint density at radius 2 is 1.83 bits per heavy atom. The first-order chi connectivity index (χ1) is 25.3. The summed E-state index contributed by atoms with van der Waals surface area (Å²) in [5, 5.41) is 6.29. The molecule has 0 bridgehead atoms. The molecular formula is C38H52N6O9S. The summed E-state index contributed by atoms with van der Waals surface area (Å²) >= 11 is 0. The lowest BCUT2D eigenvalue weighted by molar-refractivity contribution is -0.142. The topological polar surface area (TPSA) is 195 Å². The lowest BCUT2D eigenvalue weighted by Gasteiger charge is -2.33. The van der Waals surface area contributed by atoms with Crippen molar-refractivity contribution in [1.82, 2.24) is 30.2 Å². The smallest absolute Gasteiger partial charge is 0.408 e. The molecule has 16 heteroatoms. The van der Waals surface area contributed by atoms with E-state index in [1.807, 2.05) is 19.1 Å². The van der Waals surface area contributed by atoms with Crippen LogP contribution in [0.3, 0.4) is 0 Å². The van der Waals surface area contributed by atoms with Crippen LogP contribution in [0.1, 0.15) is 86.5 Å². The first kappa shape index (κ1) is 39.2. The summed E-state index contributed by atoms with van der Waals surface area (Å²) in [5.74, 6) is -1.76. The average molecular weight is 769 g/mol. The summed E-state index contributed by atoms with van der Waals surface area (Å²) in [5.41, 5.74) is -1.79. The van der Waals surface area contributed by atoms with Gasteiger partial charge in [-0.2, -0.15) is 0 Å². The van der Waals surface area contributed by atoms with Crippen LogP contribution in [0.25, 0.3) is 10.9 Å². The third kappa shape index (κ3) is 8.27. The fourth-order valence-corrected chi connectivity index (χ4v) is 8.73. The Morgan fingerprint density at radius 3 is 2.52 bits per heavy atom. The second kappa shape index (κ2) is 14.6. The van der Waals surface area contributed by atoms with Crippen molar-refractivity contribution in [1.29, 1.82) is 0 Å². The van der Waals surface area contributed by atoms with Crippen LogP contribution in [0.15, 0.2) is 36.7 Å². The van der Waals surface area contributed by atoms with E-state index in [0.29, 0.717) is 42.3 Å². The molecule has 1 aromatic heterocycles. The van der Waals surface area contributed by atoms with Crippen LogP contribution < -0.4 is 24.8 Å². The van der Waals surface area contributed by atoms with Crippen LogP contribution >= 0.6 is 0 Å². The average Bonchev–Trinajstić information content (AvgIpc) is 3.97. The van der Waals surface area contributed by atoms with Gasteiger partial charge < -0.3 is 29.7 Å². The van der Waals surface area contributed by atoms with Crippen molar-refractivity contribution in [2.45, 2.75) is 121 Å². The van der Waals surface area contributed by atoms with Gasteiger partial charge >= 0.3 is 6.09 Å². The van der Waals surface area contributed by atoms with E-state index in [2.05, 4.69) is 32.2 Å². The minimum Gasteiger partial charge on any atom is -0.497 e. The molecule has 1 saturated heterocycles. The van der Waals surface area contributed by atoms with Crippen molar-refractivity contribution in [3.05, 3.63) is 36.7 Å². The Morgan fingerprint density at radius 1 is 1.09 bits per heavy atom. The predicted octanol–water partition coefficient (Wildman–Crippen LogP) is 3.77. The number of ether oxygens (including phenoxy) is 3. The molecule has 0 radical (unpaired) electrons. The van der Waals surface area contributed by atoms with Crippen molar-refractivity contribution >= 4 is 44.7 Å². The molecule has 4 amide bonds. The molecule has 2 saturated carbocycles. The number of alkyl carbamates (subject to hydrolysis) is 1. The highest BCUT2D eigenvalue weighted by Gasteiger charge is 2.63. The molecule has 7 atom stereocenters. The van der Waals surface area contributed by atoms with Gasteiger partial charge in [-0.05, 0) is 90.2 Å². The maximum absolute atomic E-state index is 14.7. The van der Waals surface area contributed by atoms with Crippen molar-refractivity contribution in [2.24, 2.45) is 17.8 Å². The van der Waals surface area contributed by atoms with Crippen LogP contribution in [0, 0.1) is 17.8 Å². The van der Waals surface area contributed by atoms with E-state index >= 15 is 0 Å². The first-order valence-corrected chi connectivity index (χ1v) is 20.1. The van der Waals surface area contributed by atoms with E-state index in [1.165, 1.54) is 11.2 Å². The highest BCUT2D eigenvalue weighted by molar-refractivity contribution is 7.91. The number of rotatable bonds is 7. The largest absolute Gasteiger partial charge is 0.497 e. The SMILES string of the molecule is COc1ccc2c(O[C@@H]3C[C@H]4C(=O)NC5(C(=O)NS(=O)(=O)C6(C)CC6)CC5/C=C\CC[C@@H](C)C[C@@H](C)[C@H](NC(=O)OC(C)(C)C)C(=O)N4C3)ncnc2c1. The molecule has 6 rings (SSSR count). The molecule has 2 aliphatic heterocycles. The van der Waals surface area contributed by atoms with E-state index in [-0.39, 0.29) is 37.1 Å². The van der Waals surface area contributed by atoms with Crippen molar-refractivity contribution < 1.29 is 41.8 Å². The fraction of sp³-hybridized carbons (Fsp3) is 0.632. The summed E-state index contributed by atoms with van der Waals surface area (Å²) in [4.78, 5) is 66.3. The second-order valence-electron chi connectivity index (χ2n) is 16.6. The zero-order valence-corrected chi connectivity index (χ0v) is 32.8. The van der Waals surface area contributed by atoms with Gasteiger partial charge in [0.05, 0.1) is 29.3 Å². The number of carbonyl (C=O) groups is 4. The molecule has 2 aliphatic carbocycles. The van der Waals surface area contributed by atoms with E-state index in [1.54, 1.807) is 53.0 Å². The lowest BCUT2D eigenvalue weighted by Crippen LogP contribution is -2.59. The van der Waals surface area contributed by atoms with E-state index in [9.17, 15) is 27.6 Å². The Bertz CT molecular complexity index is 1940. The first-order valence-electron chi connectivity index (χ1n) is 18.7. The minimum atomic E-state index is -4.00. The Kier molecular flexibility index (Phi) is 10.6. The van der Waals surface area contributed by atoms with E-state index < -0.39 is 73.8 Å². The normalized spacial score (nSPS) is 30.4. The molecule has 4 aliphatic rings. The van der Waals surface area contributed by atoms with Gasteiger partial charge in [0.1, 0.15) is 41.4 Å². The molecule has 3 heterocycles. The quantitative estimate of drug-likeness (QED) is 0.347. The number of amides is 4. The van der Waals surface area contributed by atoms with Crippen LogP contribution in [-0.4, -0.2) is 94.8 Å². The molecule has 2 unspecified atom stereocenters. The van der Waals surface area contributed by atoms with Gasteiger partial charge in [-0.25, -0.2) is 23.2 Å². The number of allylic oxidation sites excluding steroid dienone is 1. The van der Waals surface area contributed by atoms with Gasteiger partial charge in [-0.15, -0.1) is 0 Å². The minimum absolute atomic E-state index is 0.0255. The number of nitrogens with one attached hydrogen (secondary N) is 3. The number of nitrogens with zero attached hydrogens (tertiary/aromatic N) is 3. The van der Waals surface area contributed by atoms with Gasteiger partial charge in [0.15, 0.2) is 0 Å². The zero-order valence-electron chi connectivity index (χ0n) is 32.0. The van der Waals surface area contributed by atoms with Crippen LogP contribution in [-0.2, 0) is 29.1 Å². The second-order valence-corrected chi connectivity index (χ2v) is 18.8. The zero-order chi connectivity index (χ0) is 39.2. The van der Waals surface area contributed by atoms with Crippen LogP contribution in [0.4, 0.5) is 4.79 Å². The van der Waals surface area contributed by atoms with E-state index in [4.69, 9.17) is 14.2 Å². The lowest BCUT2D eigenvalue weighted by atomic mass is 9.88. The van der Waals surface area contributed by atoms with E-state index in [0.717, 1.165) is 6.42 Å². The highest BCUT2D eigenvalue weighted by Crippen LogP contribution is 2.47. The number of carbonyl (C=O) groups excluding carboxylic acids is 4. The third-order valence-electron chi connectivity index (χ3n) is 11.0. The highest BCUT2D eigenvalue weighted by atomic mass is 32.2. The summed E-state index contributed by atoms with van der Waals surface area (Å²) in [6.45, 7) is 10.7. The van der Waals surface area contributed by atoms with Gasteiger partial charge in [-0.1, -0.05) is 26.0 Å². The number of hydrogen-bond acceptors (Lipinski definition) is 11. The summed E-state index contributed by atoms with van der Waals surface area (Å²) < 4.78 is 44.8. The van der Waals surface area contributed by atoms with Crippen molar-refractivity contribution in [2.75, 3.05) is 13.7 Å². The Labute approximate surface area is 316 Å². The number of aromatic nitrogens is 2. The van der Waals surface area contributed by atoms with Gasteiger partial charge in [0.25, 0.3) is 5.91 Å². The molecule has 294 valence electrons.